The molecule has 0 atom stereocenters. The van der Waals surface area contributed by atoms with Crippen molar-refractivity contribution in [3.63, 3.8) is 0 Å². The maximum Gasteiger partial charge on any atom is 0.243 e. The summed E-state index contributed by atoms with van der Waals surface area (Å²) >= 11 is 0. The van der Waals surface area contributed by atoms with Gasteiger partial charge in [-0.05, 0) is 67.1 Å². The van der Waals surface area contributed by atoms with Crippen molar-refractivity contribution < 1.29 is 9.53 Å². The Hall–Kier alpha value is -5.05. The van der Waals surface area contributed by atoms with Crippen LogP contribution in [0, 0.1) is 6.92 Å². The van der Waals surface area contributed by atoms with Crippen LogP contribution in [0.2, 0.25) is 0 Å². The molecule has 0 fully saturated rings. The third-order valence-electron chi connectivity index (χ3n) is 5.41. The molecular formula is C27H23N7O2. The standard InChI is InChI=1S/C27H23N7O2/c1-3-25(35)28-12-4-5-19-6-8-23-26(32-19)27(30-17-29-23)33-20-7-9-24(18(2)15-20)36-22-11-14-34-21(16-22)10-13-31-34/h3-11,13-17H,1,12H2,2H3,(H,28,35)(H,29,30,33)/b5-4+. The Morgan fingerprint density at radius 1 is 1.14 bits per heavy atom. The van der Waals surface area contributed by atoms with Crippen molar-refractivity contribution in [2.75, 3.05) is 11.9 Å². The summed E-state index contributed by atoms with van der Waals surface area (Å²) in [6.07, 6.45) is 10.0. The molecule has 2 N–H and O–H groups in total. The number of hydrogen-bond donors (Lipinski definition) is 2. The molecule has 1 amide bonds. The zero-order valence-electron chi connectivity index (χ0n) is 19.5. The maximum atomic E-state index is 11.3. The summed E-state index contributed by atoms with van der Waals surface area (Å²) < 4.78 is 7.89. The van der Waals surface area contributed by atoms with Crippen molar-refractivity contribution in [1.82, 2.24) is 29.9 Å². The first-order valence-electron chi connectivity index (χ1n) is 11.3. The van der Waals surface area contributed by atoms with Gasteiger partial charge >= 0.3 is 0 Å². The van der Waals surface area contributed by atoms with Crippen LogP contribution in [-0.4, -0.2) is 37.0 Å². The van der Waals surface area contributed by atoms with Gasteiger partial charge in [-0.1, -0.05) is 12.7 Å². The molecule has 0 spiro atoms. The van der Waals surface area contributed by atoms with Crippen LogP contribution in [0.4, 0.5) is 11.5 Å². The normalized spacial score (nSPS) is 11.1. The number of nitrogens with one attached hydrogen (secondary N) is 2. The number of aryl methyl sites for hydroxylation is 1. The second kappa shape index (κ2) is 10.1. The minimum atomic E-state index is -0.225. The van der Waals surface area contributed by atoms with Crippen LogP contribution in [0.1, 0.15) is 11.3 Å². The van der Waals surface area contributed by atoms with Crippen molar-refractivity contribution in [1.29, 1.82) is 0 Å². The van der Waals surface area contributed by atoms with Crippen LogP contribution in [0.15, 0.2) is 86.0 Å². The van der Waals surface area contributed by atoms with Crippen LogP contribution in [0.3, 0.4) is 0 Å². The molecule has 9 nitrogen and oxygen atoms in total. The van der Waals surface area contributed by atoms with Gasteiger partial charge in [0.2, 0.25) is 5.91 Å². The van der Waals surface area contributed by atoms with Gasteiger partial charge in [-0.3, -0.25) is 4.79 Å². The number of pyridine rings is 2. The first kappa shape index (κ1) is 22.7. The molecule has 0 aliphatic rings. The average molecular weight is 478 g/mol. The van der Waals surface area contributed by atoms with Crippen molar-refractivity contribution in [2.24, 2.45) is 0 Å². The molecule has 0 unspecified atom stereocenters. The monoisotopic (exact) mass is 477 g/mol. The van der Waals surface area contributed by atoms with Crippen molar-refractivity contribution in [3.05, 3.63) is 97.2 Å². The maximum absolute atomic E-state index is 11.3. The van der Waals surface area contributed by atoms with Gasteiger partial charge in [0.15, 0.2) is 5.82 Å². The Balaban J connectivity index is 1.34. The highest BCUT2D eigenvalue weighted by Crippen LogP contribution is 2.30. The average Bonchev–Trinajstić information content (AvgIpc) is 3.36. The number of rotatable bonds is 8. The first-order valence-corrected chi connectivity index (χ1v) is 11.3. The largest absolute Gasteiger partial charge is 0.457 e. The lowest BCUT2D eigenvalue weighted by molar-refractivity contribution is -0.116. The van der Waals surface area contributed by atoms with Crippen LogP contribution < -0.4 is 15.4 Å². The van der Waals surface area contributed by atoms with Gasteiger partial charge < -0.3 is 15.4 Å². The summed E-state index contributed by atoms with van der Waals surface area (Å²) in [5, 5.41) is 10.2. The van der Waals surface area contributed by atoms with Gasteiger partial charge in [0.25, 0.3) is 0 Å². The van der Waals surface area contributed by atoms with Gasteiger partial charge in [-0.25, -0.2) is 19.5 Å². The smallest absolute Gasteiger partial charge is 0.243 e. The predicted octanol–water partition coefficient (Wildman–Crippen LogP) is 4.83. The van der Waals surface area contributed by atoms with E-state index in [1.165, 1.54) is 12.4 Å². The fraction of sp³-hybridized carbons (Fsp3) is 0.0741. The van der Waals surface area contributed by atoms with Crippen molar-refractivity contribution in [2.45, 2.75) is 6.92 Å². The van der Waals surface area contributed by atoms with E-state index in [0.717, 1.165) is 39.5 Å². The summed E-state index contributed by atoms with van der Waals surface area (Å²) in [7, 11) is 0. The Kier molecular flexibility index (Phi) is 6.35. The molecule has 5 aromatic rings. The fourth-order valence-electron chi connectivity index (χ4n) is 3.62. The molecular weight excluding hydrogens is 454 g/mol. The number of carbonyl (C=O) groups excluding carboxylic acids is 1. The molecule has 4 aromatic heterocycles. The van der Waals surface area contributed by atoms with E-state index in [4.69, 9.17) is 4.74 Å². The van der Waals surface area contributed by atoms with Gasteiger partial charge in [0.1, 0.15) is 23.3 Å². The van der Waals surface area contributed by atoms with Crippen molar-refractivity contribution >= 4 is 40.0 Å². The molecule has 0 bridgehead atoms. The van der Waals surface area contributed by atoms with Crippen LogP contribution in [0.25, 0.3) is 22.6 Å². The van der Waals surface area contributed by atoms with E-state index < -0.39 is 0 Å². The number of fused-ring (bicyclic) bond motifs is 2. The molecule has 36 heavy (non-hydrogen) atoms. The number of nitrogens with zero attached hydrogens (tertiary/aromatic N) is 5. The molecule has 0 radical (unpaired) electrons. The van der Waals surface area contributed by atoms with Crippen LogP contribution >= 0.6 is 0 Å². The highest BCUT2D eigenvalue weighted by molar-refractivity contribution is 5.88. The van der Waals surface area contributed by atoms with Gasteiger partial charge in [-0.2, -0.15) is 5.10 Å². The SMILES string of the molecule is C=CC(=O)NC/C=C/c1ccc2ncnc(Nc3ccc(Oc4ccn5nccc5c4)c(C)c3)c2n1. The fourth-order valence-corrected chi connectivity index (χ4v) is 3.62. The number of anilines is 2. The topological polar surface area (TPSA) is 106 Å². The van der Waals surface area contributed by atoms with Gasteiger partial charge in [0.05, 0.1) is 16.7 Å². The van der Waals surface area contributed by atoms with Crippen LogP contribution in [-0.2, 0) is 4.79 Å². The van der Waals surface area contributed by atoms with Crippen molar-refractivity contribution in [3.8, 4) is 11.5 Å². The zero-order chi connectivity index (χ0) is 24.9. The number of benzene rings is 1. The lowest BCUT2D eigenvalue weighted by Gasteiger charge is -2.12. The van der Waals surface area contributed by atoms with E-state index >= 15 is 0 Å². The van der Waals surface area contributed by atoms with Gasteiger partial charge in [-0.15, -0.1) is 0 Å². The Bertz CT molecular complexity index is 1610. The van der Waals surface area contributed by atoms with E-state index in [2.05, 4.69) is 37.3 Å². The third kappa shape index (κ3) is 5.05. The van der Waals surface area contributed by atoms with Gasteiger partial charge in [0, 0.05) is 30.7 Å². The number of aromatic nitrogens is 5. The summed E-state index contributed by atoms with van der Waals surface area (Å²) in [5.41, 5.74) is 4.86. The molecule has 9 heteroatoms. The molecule has 178 valence electrons. The predicted molar refractivity (Wildman–Crippen MR) is 139 cm³/mol. The number of ether oxygens (including phenoxy) is 1. The second-order valence-electron chi connectivity index (χ2n) is 7.95. The Morgan fingerprint density at radius 2 is 2.06 bits per heavy atom. The minimum absolute atomic E-state index is 0.225. The molecule has 0 saturated carbocycles. The third-order valence-corrected chi connectivity index (χ3v) is 5.41. The number of hydrogen-bond acceptors (Lipinski definition) is 7. The highest BCUT2D eigenvalue weighted by Gasteiger charge is 2.09. The zero-order valence-corrected chi connectivity index (χ0v) is 19.5. The van der Waals surface area contributed by atoms with E-state index in [9.17, 15) is 4.79 Å². The summed E-state index contributed by atoms with van der Waals surface area (Å²) in [5.74, 6) is 1.86. The lowest BCUT2D eigenvalue weighted by Crippen LogP contribution is -2.20. The molecule has 0 aliphatic heterocycles. The van der Waals surface area contributed by atoms with E-state index in [1.54, 1.807) is 10.7 Å². The summed E-state index contributed by atoms with van der Waals surface area (Å²) in [4.78, 5) is 24.7. The molecule has 0 saturated heterocycles. The van der Waals surface area contributed by atoms with E-state index in [1.807, 2.05) is 73.8 Å². The van der Waals surface area contributed by atoms with Crippen LogP contribution in [0.5, 0.6) is 11.5 Å². The summed E-state index contributed by atoms with van der Waals surface area (Å²) in [6.45, 7) is 5.80. The van der Waals surface area contributed by atoms with E-state index in [-0.39, 0.29) is 5.91 Å². The Labute approximate surface area is 207 Å². The highest BCUT2D eigenvalue weighted by atomic mass is 16.5. The second-order valence-corrected chi connectivity index (χ2v) is 7.95. The molecule has 4 heterocycles. The lowest BCUT2D eigenvalue weighted by atomic mass is 10.2. The molecule has 0 aliphatic carbocycles. The summed E-state index contributed by atoms with van der Waals surface area (Å²) in [6, 6.07) is 15.3. The quantitative estimate of drug-likeness (QED) is 0.308. The Morgan fingerprint density at radius 3 is 2.92 bits per heavy atom. The minimum Gasteiger partial charge on any atom is -0.457 e. The number of carbonyl (C=O) groups is 1. The number of amides is 1. The van der Waals surface area contributed by atoms with E-state index in [0.29, 0.717) is 17.9 Å². The first-order chi connectivity index (χ1) is 17.6. The molecule has 5 rings (SSSR count). The molecule has 1 aromatic carbocycles.